The van der Waals surface area contributed by atoms with Gasteiger partial charge in [0.05, 0.1) is 6.04 Å². The summed E-state index contributed by atoms with van der Waals surface area (Å²) in [7, 11) is 0. The molecule has 2 unspecified atom stereocenters. The molecule has 124 valence electrons. The smallest absolute Gasteiger partial charge is 0.332 e. The van der Waals surface area contributed by atoms with Crippen molar-refractivity contribution in [1.82, 2.24) is 5.32 Å². The summed E-state index contributed by atoms with van der Waals surface area (Å²) in [5.41, 5.74) is 0.952. The van der Waals surface area contributed by atoms with Crippen molar-refractivity contribution in [2.45, 2.75) is 43.6 Å². The molecule has 3 rings (SSSR count). The van der Waals surface area contributed by atoms with Crippen LogP contribution in [-0.2, 0) is 19.1 Å². The average Bonchev–Trinajstić information content (AvgIpc) is 3.17. The van der Waals surface area contributed by atoms with Crippen molar-refractivity contribution in [2.24, 2.45) is 0 Å². The fraction of sp³-hybridized carbons (Fsp3) is 0.500. The molecule has 4 atom stereocenters. The first-order valence-corrected chi connectivity index (χ1v) is 7.98. The van der Waals surface area contributed by atoms with Crippen LogP contribution in [-0.4, -0.2) is 41.8 Å². The van der Waals surface area contributed by atoms with Crippen LogP contribution in [0.1, 0.15) is 30.9 Å². The van der Waals surface area contributed by atoms with Gasteiger partial charge in [-0.15, -0.1) is 0 Å². The summed E-state index contributed by atoms with van der Waals surface area (Å²) in [5, 5.41) is 12.5. The van der Waals surface area contributed by atoms with Crippen LogP contribution in [0, 0.1) is 0 Å². The molecular formula is C16H18ClNO5. The molecule has 1 amide bonds. The molecule has 2 heterocycles. The van der Waals surface area contributed by atoms with E-state index in [1.165, 1.54) is 0 Å². The minimum Gasteiger partial charge on any atom is -0.479 e. The van der Waals surface area contributed by atoms with E-state index in [2.05, 4.69) is 5.32 Å². The van der Waals surface area contributed by atoms with Crippen molar-refractivity contribution < 1.29 is 24.2 Å². The average molecular weight is 340 g/mol. The Kier molecular flexibility index (Phi) is 4.84. The molecule has 0 radical (unpaired) electrons. The van der Waals surface area contributed by atoms with Crippen LogP contribution in [0.15, 0.2) is 24.3 Å². The normalized spacial score (nSPS) is 30.3. The van der Waals surface area contributed by atoms with E-state index < -0.39 is 18.2 Å². The monoisotopic (exact) mass is 339 g/mol. The quantitative estimate of drug-likeness (QED) is 0.875. The molecule has 1 aromatic rings. The maximum absolute atomic E-state index is 12.3. The van der Waals surface area contributed by atoms with Crippen LogP contribution in [0.3, 0.4) is 0 Å². The zero-order valence-electron chi connectivity index (χ0n) is 12.4. The van der Waals surface area contributed by atoms with Gasteiger partial charge in [-0.3, -0.25) is 4.79 Å². The number of carbonyl (C=O) groups is 2. The summed E-state index contributed by atoms with van der Waals surface area (Å²) in [6, 6.07) is 7.17. The number of aliphatic carboxylic acids is 1. The molecule has 0 spiro atoms. The topological polar surface area (TPSA) is 84.9 Å². The number of ether oxygens (including phenoxy) is 2. The summed E-state index contributed by atoms with van der Waals surface area (Å²) in [6.07, 6.45) is -0.348. The van der Waals surface area contributed by atoms with E-state index in [1.807, 2.05) is 12.1 Å². The summed E-state index contributed by atoms with van der Waals surface area (Å²) in [5.74, 6) is -1.30. The maximum Gasteiger partial charge on any atom is 0.332 e. The maximum atomic E-state index is 12.3. The Labute approximate surface area is 138 Å². The molecule has 1 aromatic carbocycles. The van der Waals surface area contributed by atoms with Gasteiger partial charge in [0.2, 0.25) is 5.91 Å². The molecule has 6 nitrogen and oxygen atoms in total. The second kappa shape index (κ2) is 6.86. The second-order valence-corrected chi connectivity index (χ2v) is 6.21. The highest BCUT2D eigenvalue weighted by Gasteiger charge is 2.37. The molecule has 2 aliphatic rings. The van der Waals surface area contributed by atoms with E-state index in [9.17, 15) is 9.59 Å². The van der Waals surface area contributed by atoms with Gasteiger partial charge in [-0.05, 0) is 37.0 Å². The van der Waals surface area contributed by atoms with Crippen LogP contribution in [0.2, 0.25) is 5.02 Å². The van der Waals surface area contributed by atoms with Crippen LogP contribution in [0.25, 0.3) is 0 Å². The van der Waals surface area contributed by atoms with E-state index in [-0.39, 0.29) is 18.1 Å². The largest absolute Gasteiger partial charge is 0.479 e. The van der Waals surface area contributed by atoms with Crippen LogP contribution < -0.4 is 5.32 Å². The molecule has 0 saturated carbocycles. The Bertz CT molecular complexity index is 591. The molecule has 0 aromatic heterocycles. The minimum atomic E-state index is -1.02. The fourth-order valence-electron chi connectivity index (χ4n) is 3.01. The third-order valence-electron chi connectivity index (χ3n) is 4.21. The van der Waals surface area contributed by atoms with Crippen molar-refractivity contribution in [1.29, 1.82) is 0 Å². The highest BCUT2D eigenvalue weighted by Crippen LogP contribution is 2.30. The second-order valence-electron chi connectivity index (χ2n) is 5.78. The van der Waals surface area contributed by atoms with E-state index in [0.29, 0.717) is 30.9 Å². The van der Waals surface area contributed by atoms with Crippen LogP contribution >= 0.6 is 11.6 Å². The third-order valence-corrected chi connectivity index (χ3v) is 4.46. The Hall–Kier alpha value is -1.63. The number of hydrogen-bond donors (Lipinski definition) is 2. The Morgan fingerprint density at radius 3 is 2.48 bits per heavy atom. The molecule has 2 aliphatic heterocycles. The lowest BCUT2D eigenvalue weighted by molar-refractivity contribution is -0.152. The Balaban J connectivity index is 1.61. The number of carboxylic acids is 1. The summed E-state index contributed by atoms with van der Waals surface area (Å²) < 4.78 is 11.0. The van der Waals surface area contributed by atoms with E-state index in [1.54, 1.807) is 12.1 Å². The summed E-state index contributed by atoms with van der Waals surface area (Å²) in [4.78, 5) is 23.2. The fourth-order valence-corrected chi connectivity index (χ4v) is 3.13. The first kappa shape index (κ1) is 16.2. The highest BCUT2D eigenvalue weighted by atomic mass is 35.5. The lowest BCUT2D eigenvalue weighted by Crippen LogP contribution is -2.43. The van der Waals surface area contributed by atoms with Gasteiger partial charge in [0, 0.05) is 11.6 Å². The van der Waals surface area contributed by atoms with Crippen molar-refractivity contribution >= 4 is 23.5 Å². The van der Waals surface area contributed by atoms with Crippen molar-refractivity contribution in [3.05, 3.63) is 34.9 Å². The molecule has 0 aliphatic carbocycles. The van der Waals surface area contributed by atoms with Crippen LogP contribution in [0.5, 0.6) is 0 Å². The first-order valence-electron chi connectivity index (χ1n) is 7.60. The molecule has 7 heteroatoms. The van der Waals surface area contributed by atoms with E-state index >= 15 is 0 Å². The van der Waals surface area contributed by atoms with Crippen molar-refractivity contribution in [2.75, 3.05) is 6.61 Å². The number of benzene rings is 1. The zero-order valence-corrected chi connectivity index (χ0v) is 13.2. The standard InChI is InChI=1S/C16H18ClNO5/c17-10-3-1-9(2-4-10)14-11(7-8-22-14)18-15(19)12-5-6-13(23-12)16(20)21/h1-4,11-14H,5-8H2,(H,18,19)(H,20,21)/t11?,12-,13+,14?/m0/s1. The SMILES string of the molecule is O=C(NC1CCOC1c1ccc(Cl)cc1)[C@@H]1CC[C@H](C(=O)O)O1. The molecule has 23 heavy (non-hydrogen) atoms. The van der Waals surface area contributed by atoms with Gasteiger partial charge in [-0.2, -0.15) is 0 Å². The molecule has 0 bridgehead atoms. The number of carbonyl (C=O) groups excluding carboxylic acids is 1. The summed E-state index contributed by atoms with van der Waals surface area (Å²) >= 11 is 5.89. The van der Waals surface area contributed by atoms with E-state index in [4.69, 9.17) is 26.2 Å². The van der Waals surface area contributed by atoms with E-state index in [0.717, 1.165) is 5.56 Å². The molecule has 2 fully saturated rings. The Morgan fingerprint density at radius 2 is 1.83 bits per heavy atom. The zero-order chi connectivity index (χ0) is 16.4. The van der Waals surface area contributed by atoms with Crippen LogP contribution in [0.4, 0.5) is 0 Å². The van der Waals surface area contributed by atoms with Gasteiger partial charge in [-0.1, -0.05) is 23.7 Å². The van der Waals surface area contributed by atoms with Crippen molar-refractivity contribution in [3.63, 3.8) is 0 Å². The number of hydrogen-bond acceptors (Lipinski definition) is 4. The highest BCUT2D eigenvalue weighted by molar-refractivity contribution is 6.30. The number of rotatable bonds is 4. The van der Waals surface area contributed by atoms with Gasteiger partial charge in [0.15, 0.2) is 6.10 Å². The minimum absolute atomic E-state index is 0.156. The molecule has 2 N–H and O–H groups in total. The molecule has 2 saturated heterocycles. The lowest BCUT2D eigenvalue weighted by Gasteiger charge is -2.22. The number of nitrogens with one attached hydrogen (secondary N) is 1. The van der Waals surface area contributed by atoms with Gasteiger partial charge < -0.3 is 19.9 Å². The lowest BCUT2D eigenvalue weighted by atomic mass is 10.0. The van der Waals surface area contributed by atoms with Crippen molar-refractivity contribution in [3.8, 4) is 0 Å². The number of halogens is 1. The number of carboxylic acid groups (broad SMARTS) is 1. The first-order chi connectivity index (χ1) is 11.0. The molecular weight excluding hydrogens is 322 g/mol. The van der Waals surface area contributed by atoms with Gasteiger partial charge >= 0.3 is 5.97 Å². The Morgan fingerprint density at radius 1 is 1.13 bits per heavy atom. The number of amides is 1. The predicted octanol–water partition coefficient (Wildman–Crippen LogP) is 1.92. The predicted molar refractivity (Wildman–Crippen MR) is 82.2 cm³/mol. The summed E-state index contributed by atoms with van der Waals surface area (Å²) in [6.45, 7) is 0.557. The third kappa shape index (κ3) is 3.65. The van der Waals surface area contributed by atoms with Gasteiger partial charge in [0.25, 0.3) is 0 Å². The van der Waals surface area contributed by atoms with Gasteiger partial charge in [0.1, 0.15) is 12.2 Å². The van der Waals surface area contributed by atoms with Gasteiger partial charge in [-0.25, -0.2) is 4.79 Å².